The third-order valence-electron chi connectivity index (χ3n) is 6.55. The number of likely N-dealkylation sites (N-methyl/N-ethyl adjacent to an activating group) is 1. The van der Waals surface area contributed by atoms with Crippen molar-refractivity contribution in [3.63, 3.8) is 0 Å². The van der Waals surface area contributed by atoms with Gasteiger partial charge in [0.1, 0.15) is 12.4 Å². The number of methoxy groups -OCH3 is 1. The van der Waals surface area contributed by atoms with Gasteiger partial charge in [-0.05, 0) is 31.2 Å². The number of anilines is 2. The van der Waals surface area contributed by atoms with Crippen LogP contribution in [0.1, 0.15) is 29.4 Å². The molecule has 34 heavy (non-hydrogen) atoms. The number of rotatable bonds is 8. The van der Waals surface area contributed by atoms with Crippen molar-refractivity contribution < 1.29 is 14.3 Å². The molecular weight excluding hydrogens is 454 g/mol. The van der Waals surface area contributed by atoms with Gasteiger partial charge in [0.05, 0.1) is 41.0 Å². The van der Waals surface area contributed by atoms with E-state index in [0.717, 1.165) is 36.5 Å². The first-order valence-corrected chi connectivity index (χ1v) is 11.9. The molecular formula is C25H28ClN5O3. The molecule has 0 radical (unpaired) electrons. The van der Waals surface area contributed by atoms with Crippen LogP contribution in [0.15, 0.2) is 36.7 Å². The molecule has 5 rings (SSSR count). The first kappa shape index (κ1) is 22.6. The van der Waals surface area contributed by atoms with Crippen molar-refractivity contribution in [2.75, 3.05) is 38.7 Å². The van der Waals surface area contributed by atoms with Crippen molar-refractivity contribution in [3.05, 3.63) is 52.9 Å². The van der Waals surface area contributed by atoms with Gasteiger partial charge < -0.3 is 25.1 Å². The fourth-order valence-corrected chi connectivity index (χ4v) is 4.89. The Morgan fingerprint density at radius 3 is 2.97 bits per heavy atom. The van der Waals surface area contributed by atoms with E-state index >= 15 is 0 Å². The first-order chi connectivity index (χ1) is 16.6. The third kappa shape index (κ3) is 4.08. The molecule has 0 bridgehead atoms. The molecule has 1 saturated heterocycles. The average Bonchev–Trinajstić information content (AvgIpc) is 3.18. The fraction of sp³-hybridized carbons (Fsp3) is 0.360. The molecule has 1 atom stereocenters. The fourth-order valence-electron chi connectivity index (χ4n) is 4.64. The lowest BCUT2D eigenvalue weighted by atomic mass is 10.0. The number of hydrogen-bond acceptors (Lipinski definition) is 6. The molecule has 0 unspecified atom stereocenters. The van der Waals surface area contributed by atoms with Crippen molar-refractivity contribution >= 4 is 28.9 Å². The molecule has 2 aliphatic rings. The van der Waals surface area contributed by atoms with Gasteiger partial charge in [-0.15, -0.1) is 0 Å². The number of nitrogens with one attached hydrogen (secondary N) is 3. The molecule has 1 aromatic carbocycles. The van der Waals surface area contributed by atoms with Gasteiger partial charge in [-0.3, -0.25) is 14.7 Å². The Balaban J connectivity index is 1.55. The van der Waals surface area contributed by atoms with Gasteiger partial charge >= 0.3 is 0 Å². The van der Waals surface area contributed by atoms with E-state index in [1.807, 2.05) is 18.2 Å². The van der Waals surface area contributed by atoms with Gasteiger partial charge in [-0.1, -0.05) is 24.6 Å². The Hall–Kier alpha value is -3.23. The smallest absolute Gasteiger partial charge is 0.255 e. The predicted molar refractivity (Wildman–Crippen MR) is 132 cm³/mol. The number of carbonyl (C=O) groups excluding carboxylic acids is 1. The van der Waals surface area contributed by atoms with Crippen LogP contribution in [0.4, 0.5) is 11.4 Å². The largest absolute Gasteiger partial charge is 0.493 e. The van der Waals surface area contributed by atoms with Gasteiger partial charge in [-0.25, -0.2) is 0 Å². The number of carbonyl (C=O) groups is 1. The Kier molecular flexibility index (Phi) is 6.34. The maximum atomic E-state index is 12.9. The van der Waals surface area contributed by atoms with Crippen LogP contribution in [0.3, 0.4) is 0 Å². The summed E-state index contributed by atoms with van der Waals surface area (Å²) in [5.41, 5.74) is 4.39. The SMILES string of the molecule is CCN1CC[C@H]1COc1cnccc1-c1[nH]c2c(c1Nc1cccc(Cl)c1OC)C(=O)NCC2. The van der Waals surface area contributed by atoms with E-state index in [1.54, 1.807) is 25.6 Å². The third-order valence-corrected chi connectivity index (χ3v) is 6.85. The molecule has 178 valence electrons. The lowest BCUT2D eigenvalue weighted by Gasteiger charge is -2.39. The Morgan fingerprint density at radius 2 is 2.21 bits per heavy atom. The van der Waals surface area contributed by atoms with Crippen molar-refractivity contribution in [3.8, 4) is 22.8 Å². The molecule has 1 fully saturated rings. The summed E-state index contributed by atoms with van der Waals surface area (Å²) in [6, 6.07) is 7.79. The number of H-pyrrole nitrogens is 1. The lowest BCUT2D eigenvalue weighted by Crippen LogP contribution is -2.50. The Bertz CT molecular complexity index is 1210. The predicted octanol–water partition coefficient (Wildman–Crippen LogP) is 4.24. The monoisotopic (exact) mass is 481 g/mol. The van der Waals surface area contributed by atoms with Gasteiger partial charge in [0.2, 0.25) is 0 Å². The van der Waals surface area contributed by atoms with Crippen LogP contribution in [0.2, 0.25) is 5.02 Å². The van der Waals surface area contributed by atoms with E-state index in [1.165, 1.54) is 0 Å². The summed E-state index contributed by atoms with van der Waals surface area (Å²) in [5, 5.41) is 6.84. The van der Waals surface area contributed by atoms with Crippen molar-refractivity contribution in [2.45, 2.75) is 25.8 Å². The Labute approximate surface area is 203 Å². The topological polar surface area (TPSA) is 91.5 Å². The number of amides is 1. The summed E-state index contributed by atoms with van der Waals surface area (Å²) in [6.45, 7) is 5.47. The number of pyridine rings is 1. The second-order valence-corrected chi connectivity index (χ2v) is 8.84. The number of aromatic amines is 1. The van der Waals surface area contributed by atoms with Gasteiger partial charge in [0, 0.05) is 43.0 Å². The number of hydrogen-bond donors (Lipinski definition) is 3. The normalized spacial score (nSPS) is 17.5. The molecule has 3 N–H and O–H groups in total. The maximum absolute atomic E-state index is 12.9. The van der Waals surface area contributed by atoms with Gasteiger partial charge in [0.15, 0.2) is 5.75 Å². The van der Waals surface area contributed by atoms with E-state index in [-0.39, 0.29) is 5.91 Å². The molecule has 3 aromatic rings. The molecule has 2 aromatic heterocycles. The number of likely N-dealkylation sites (tertiary alicyclic amines) is 1. The molecule has 0 spiro atoms. The zero-order chi connectivity index (χ0) is 23.7. The zero-order valence-electron chi connectivity index (χ0n) is 19.3. The number of nitrogens with zero attached hydrogens (tertiary/aromatic N) is 2. The highest BCUT2D eigenvalue weighted by molar-refractivity contribution is 6.32. The number of halogens is 1. The van der Waals surface area contributed by atoms with Crippen molar-refractivity contribution in [1.29, 1.82) is 0 Å². The molecule has 1 amide bonds. The summed E-state index contributed by atoms with van der Waals surface area (Å²) in [7, 11) is 1.57. The van der Waals surface area contributed by atoms with Crippen LogP contribution in [-0.2, 0) is 6.42 Å². The van der Waals surface area contributed by atoms with Crippen LogP contribution in [0.25, 0.3) is 11.3 Å². The highest BCUT2D eigenvalue weighted by Gasteiger charge is 2.30. The minimum Gasteiger partial charge on any atom is -0.493 e. The first-order valence-electron chi connectivity index (χ1n) is 11.5. The Morgan fingerprint density at radius 1 is 1.32 bits per heavy atom. The maximum Gasteiger partial charge on any atom is 0.255 e. The lowest BCUT2D eigenvalue weighted by molar-refractivity contribution is 0.0561. The summed E-state index contributed by atoms with van der Waals surface area (Å²) in [6.07, 6.45) is 5.29. The standard InChI is InChI=1S/C25H28ClN5O3/c1-3-31-12-9-15(31)14-34-20-13-27-10-7-16(20)22-23(21-18(29-22)8-11-28-25(21)32)30-19-6-4-5-17(26)24(19)33-2/h4-7,10,13,15,29-30H,3,8-9,11-12,14H2,1-2H3,(H,28,32)/t15-/m0/s1. The highest BCUT2D eigenvalue weighted by Crippen LogP contribution is 2.43. The van der Waals surface area contributed by atoms with E-state index in [4.69, 9.17) is 21.1 Å². The van der Waals surface area contributed by atoms with Gasteiger partial charge in [-0.2, -0.15) is 0 Å². The summed E-state index contributed by atoms with van der Waals surface area (Å²) in [4.78, 5) is 23.1. The summed E-state index contributed by atoms with van der Waals surface area (Å²) in [5.74, 6) is 1.06. The second-order valence-electron chi connectivity index (χ2n) is 8.43. The number of aromatic nitrogens is 2. The molecule has 9 heteroatoms. The average molecular weight is 482 g/mol. The minimum atomic E-state index is -0.128. The van der Waals surface area contributed by atoms with Crippen molar-refractivity contribution in [2.24, 2.45) is 0 Å². The second kappa shape index (κ2) is 9.56. The number of ether oxygens (including phenoxy) is 2. The number of benzene rings is 1. The van der Waals surface area contributed by atoms with Crippen LogP contribution in [0, 0.1) is 0 Å². The molecule has 8 nitrogen and oxygen atoms in total. The zero-order valence-corrected chi connectivity index (χ0v) is 20.0. The minimum absolute atomic E-state index is 0.128. The van der Waals surface area contributed by atoms with Gasteiger partial charge in [0.25, 0.3) is 5.91 Å². The van der Waals surface area contributed by atoms with E-state index in [2.05, 4.69) is 32.4 Å². The molecule has 0 aliphatic carbocycles. The quantitative estimate of drug-likeness (QED) is 0.445. The molecule has 0 saturated carbocycles. The summed E-state index contributed by atoms with van der Waals surface area (Å²) >= 11 is 6.35. The number of fused-ring (bicyclic) bond motifs is 1. The van der Waals surface area contributed by atoms with Crippen LogP contribution >= 0.6 is 11.6 Å². The highest BCUT2D eigenvalue weighted by atomic mass is 35.5. The van der Waals surface area contributed by atoms with Crippen LogP contribution in [0.5, 0.6) is 11.5 Å². The summed E-state index contributed by atoms with van der Waals surface area (Å²) < 4.78 is 11.8. The van der Waals surface area contributed by atoms with Crippen LogP contribution < -0.4 is 20.1 Å². The number of para-hydroxylation sites is 1. The van der Waals surface area contributed by atoms with Crippen LogP contribution in [-0.4, -0.2) is 60.2 Å². The molecule has 4 heterocycles. The van der Waals surface area contributed by atoms with E-state index < -0.39 is 0 Å². The molecule has 2 aliphatic heterocycles. The van der Waals surface area contributed by atoms with E-state index in [0.29, 0.717) is 59.1 Å². The van der Waals surface area contributed by atoms with Crippen molar-refractivity contribution in [1.82, 2.24) is 20.2 Å². The van der Waals surface area contributed by atoms with E-state index in [9.17, 15) is 4.79 Å².